The zero-order valence-corrected chi connectivity index (χ0v) is 16.4. The van der Waals surface area contributed by atoms with Crippen molar-refractivity contribution in [3.8, 4) is 28.6 Å². The third-order valence-corrected chi connectivity index (χ3v) is 5.61. The monoisotopic (exact) mass is 397 g/mol. The lowest BCUT2D eigenvalue weighted by Crippen LogP contribution is -1.90. The molecule has 0 amide bonds. The summed E-state index contributed by atoms with van der Waals surface area (Å²) in [5.74, 6) is 0. The van der Waals surface area contributed by atoms with E-state index in [-0.39, 0.29) is 0 Å². The van der Waals surface area contributed by atoms with Gasteiger partial charge in [0, 0.05) is 28.7 Å². The molecule has 0 N–H and O–H groups in total. The lowest BCUT2D eigenvalue weighted by atomic mass is 9.95. The van der Waals surface area contributed by atoms with Gasteiger partial charge in [-0.3, -0.25) is 9.97 Å². The minimum atomic E-state index is 0.567. The van der Waals surface area contributed by atoms with E-state index in [0.29, 0.717) is 11.3 Å². The number of nitrogens with zero attached hydrogens (tertiary/aromatic N) is 3. The van der Waals surface area contributed by atoms with Gasteiger partial charge in [0.2, 0.25) is 0 Å². The van der Waals surface area contributed by atoms with E-state index in [2.05, 4.69) is 52.4 Å². The van der Waals surface area contributed by atoms with Gasteiger partial charge in [-0.15, -0.1) is 0 Å². The lowest BCUT2D eigenvalue weighted by molar-refractivity contribution is 0.669. The van der Waals surface area contributed by atoms with E-state index in [9.17, 15) is 0 Å². The van der Waals surface area contributed by atoms with Crippen molar-refractivity contribution in [1.82, 2.24) is 9.97 Å². The largest absolute Gasteiger partial charge is 0.456 e. The van der Waals surface area contributed by atoms with E-state index in [4.69, 9.17) is 9.68 Å². The van der Waals surface area contributed by atoms with Gasteiger partial charge in [0.15, 0.2) is 0 Å². The Labute approximate surface area is 178 Å². The van der Waals surface area contributed by atoms with Crippen molar-refractivity contribution in [1.29, 1.82) is 5.26 Å². The summed E-state index contributed by atoms with van der Waals surface area (Å²) in [6.07, 6.45) is 3.48. The van der Waals surface area contributed by atoms with Crippen LogP contribution in [0.1, 0.15) is 5.56 Å². The van der Waals surface area contributed by atoms with Gasteiger partial charge in [-0.05, 0) is 46.7 Å². The van der Waals surface area contributed by atoms with E-state index in [0.717, 1.165) is 49.5 Å². The first kappa shape index (κ1) is 17.4. The molecule has 0 saturated carbocycles. The summed E-state index contributed by atoms with van der Waals surface area (Å²) in [6.45, 7) is 0. The second kappa shape index (κ2) is 6.79. The Kier molecular flexibility index (Phi) is 3.81. The molecule has 3 aromatic heterocycles. The summed E-state index contributed by atoms with van der Waals surface area (Å²) in [7, 11) is 0. The number of para-hydroxylation sites is 1. The molecule has 0 bridgehead atoms. The maximum absolute atomic E-state index is 9.13. The zero-order chi connectivity index (χ0) is 20.8. The third-order valence-electron chi connectivity index (χ3n) is 5.61. The molecule has 3 heterocycles. The molecule has 3 aromatic carbocycles. The van der Waals surface area contributed by atoms with Crippen LogP contribution in [-0.2, 0) is 0 Å². The maximum Gasteiger partial charge on any atom is 0.136 e. The predicted octanol–water partition coefficient (Wildman–Crippen LogP) is 6.73. The average Bonchev–Trinajstić information content (AvgIpc) is 3.22. The van der Waals surface area contributed by atoms with Crippen LogP contribution >= 0.6 is 0 Å². The van der Waals surface area contributed by atoms with Gasteiger partial charge in [-0.1, -0.05) is 48.5 Å². The molecular weight excluding hydrogens is 382 g/mol. The van der Waals surface area contributed by atoms with Gasteiger partial charge >= 0.3 is 0 Å². The Morgan fingerprint density at radius 3 is 2.32 bits per heavy atom. The summed E-state index contributed by atoms with van der Waals surface area (Å²) in [4.78, 5) is 8.97. The summed E-state index contributed by atoms with van der Waals surface area (Å²) >= 11 is 0. The number of aromatic nitrogens is 2. The van der Waals surface area contributed by atoms with Gasteiger partial charge in [-0.2, -0.15) is 5.26 Å². The number of nitriles is 1. The van der Waals surface area contributed by atoms with Gasteiger partial charge in [0.1, 0.15) is 11.2 Å². The van der Waals surface area contributed by atoms with Crippen molar-refractivity contribution < 1.29 is 4.42 Å². The van der Waals surface area contributed by atoms with Crippen molar-refractivity contribution in [3.05, 3.63) is 96.8 Å². The molecule has 0 aliphatic rings. The standard InChI is InChI=1S/C27H15N3O/c28-15-17-11-12-29-24(13-17)23-10-9-18(16-30-23)22-14-26-27(20-6-2-1-5-19(20)22)21-7-3-4-8-25(21)31-26/h1-14,16H. The average molecular weight is 397 g/mol. The van der Waals surface area contributed by atoms with Crippen LogP contribution in [0, 0.1) is 11.3 Å². The van der Waals surface area contributed by atoms with Crippen LogP contribution in [0.4, 0.5) is 0 Å². The molecule has 0 aliphatic heterocycles. The number of fused-ring (bicyclic) bond motifs is 5. The zero-order valence-electron chi connectivity index (χ0n) is 16.4. The van der Waals surface area contributed by atoms with Gasteiger partial charge in [0.05, 0.1) is 23.0 Å². The topological polar surface area (TPSA) is 62.7 Å². The molecule has 0 aliphatic carbocycles. The number of hydrogen-bond acceptors (Lipinski definition) is 4. The Bertz CT molecular complexity index is 1640. The Morgan fingerprint density at radius 2 is 1.52 bits per heavy atom. The Hall–Kier alpha value is -4.49. The molecule has 0 spiro atoms. The van der Waals surface area contributed by atoms with E-state index in [1.165, 1.54) is 0 Å². The highest BCUT2D eigenvalue weighted by Crippen LogP contribution is 2.39. The second-order valence-corrected chi connectivity index (χ2v) is 7.41. The minimum Gasteiger partial charge on any atom is -0.456 e. The minimum absolute atomic E-state index is 0.567. The van der Waals surface area contributed by atoms with Crippen molar-refractivity contribution in [2.24, 2.45) is 0 Å². The predicted molar refractivity (Wildman–Crippen MR) is 122 cm³/mol. The Morgan fingerprint density at radius 1 is 0.710 bits per heavy atom. The van der Waals surface area contributed by atoms with E-state index >= 15 is 0 Å². The van der Waals surface area contributed by atoms with Gasteiger partial charge < -0.3 is 4.42 Å². The number of pyridine rings is 2. The van der Waals surface area contributed by atoms with Crippen LogP contribution in [0.25, 0.3) is 55.2 Å². The number of benzene rings is 3. The van der Waals surface area contributed by atoms with Gasteiger partial charge in [0.25, 0.3) is 0 Å². The SMILES string of the molecule is N#Cc1ccnc(-c2ccc(-c3cc4oc5ccccc5c4c4ccccc34)cn2)c1. The molecule has 0 fully saturated rings. The lowest BCUT2D eigenvalue weighted by Gasteiger charge is -2.09. The molecule has 31 heavy (non-hydrogen) atoms. The number of hydrogen-bond donors (Lipinski definition) is 0. The van der Waals surface area contributed by atoms with E-state index in [1.54, 1.807) is 18.3 Å². The fourth-order valence-corrected chi connectivity index (χ4v) is 4.17. The highest BCUT2D eigenvalue weighted by atomic mass is 16.3. The highest BCUT2D eigenvalue weighted by Gasteiger charge is 2.15. The molecule has 0 atom stereocenters. The van der Waals surface area contributed by atoms with Crippen LogP contribution in [0.2, 0.25) is 0 Å². The molecule has 0 unspecified atom stereocenters. The summed E-state index contributed by atoms with van der Waals surface area (Å²) in [5, 5.41) is 13.7. The van der Waals surface area contributed by atoms with Crippen molar-refractivity contribution in [2.75, 3.05) is 0 Å². The third kappa shape index (κ3) is 2.76. The summed E-state index contributed by atoms with van der Waals surface area (Å²) in [5.41, 5.74) is 5.80. The molecule has 4 heteroatoms. The van der Waals surface area contributed by atoms with Crippen LogP contribution in [0.15, 0.2) is 95.7 Å². The second-order valence-electron chi connectivity index (χ2n) is 7.41. The van der Waals surface area contributed by atoms with Crippen molar-refractivity contribution in [2.45, 2.75) is 0 Å². The van der Waals surface area contributed by atoms with Crippen LogP contribution in [0.3, 0.4) is 0 Å². The normalized spacial score (nSPS) is 11.2. The molecule has 0 saturated heterocycles. The fraction of sp³-hybridized carbons (Fsp3) is 0. The fourth-order valence-electron chi connectivity index (χ4n) is 4.17. The van der Waals surface area contributed by atoms with Crippen molar-refractivity contribution >= 4 is 32.7 Å². The molecule has 6 rings (SSSR count). The van der Waals surface area contributed by atoms with Crippen molar-refractivity contribution in [3.63, 3.8) is 0 Å². The van der Waals surface area contributed by atoms with Crippen LogP contribution in [-0.4, -0.2) is 9.97 Å². The summed E-state index contributed by atoms with van der Waals surface area (Å²) in [6, 6.07) is 28.2. The van der Waals surface area contributed by atoms with Gasteiger partial charge in [-0.25, -0.2) is 0 Å². The first-order valence-electron chi connectivity index (χ1n) is 9.98. The number of furan rings is 1. The van der Waals surface area contributed by atoms with Crippen LogP contribution < -0.4 is 0 Å². The quantitative estimate of drug-likeness (QED) is 0.325. The maximum atomic E-state index is 9.13. The van der Waals surface area contributed by atoms with E-state index in [1.807, 2.05) is 36.5 Å². The Balaban J connectivity index is 1.55. The van der Waals surface area contributed by atoms with E-state index < -0.39 is 0 Å². The molecule has 144 valence electrons. The smallest absolute Gasteiger partial charge is 0.136 e. The first-order valence-corrected chi connectivity index (χ1v) is 9.98. The van der Waals surface area contributed by atoms with Crippen LogP contribution in [0.5, 0.6) is 0 Å². The highest BCUT2D eigenvalue weighted by molar-refractivity contribution is 6.21. The molecule has 0 radical (unpaired) electrons. The molecular formula is C27H15N3O. The summed E-state index contributed by atoms with van der Waals surface area (Å²) < 4.78 is 6.18. The molecule has 4 nitrogen and oxygen atoms in total. The first-order chi connectivity index (χ1) is 15.3. The molecule has 6 aromatic rings. The number of rotatable bonds is 2.